The molecule has 7 heteroatoms. The summed E-state index contributed by atoms with van der Waals surface area (Å²) in [5, 5.41) is 14.8. The first-order valence-electron chi connectivity index (χ1n) is 4.37. The Morgan fingerprint density at radius 1 is 1.24 bits per heavy atom. The number of hydrogen-bond acceptors (Lipinski definition) is 3. The molecular weight excluding hydrogens is 305 g/mol. The number of nitro groups is 1. The molecule has 0 aliphatic rings. The second-order valence-corrected chi connectivity index (χ2v) is 5.12. The van der Waals surface area contributed by atoms with Crippen molar-refractivity contribution in [3.63, 3.8) is 0 Å². The fourth-order valence-electron chi connectivity index (χ4n) is 1.44. The third kappa shape index (κ3) is 2.26. The second-order valence-electron chi connectivity index (χ2n) is 3.15. The van der Waals surface area contributed by atoms with Gasteiger partial charge >= 0.3 is 0 Å². The molecule has 0 aliphatic heterocycles. The number of rotatable bonds is 2. The van der Waals surface area contributed by atoms with Crippen LogP contribution in [0.15, 0.2) is 22.9 Å². The summed E-state index contributed by atoms with van der Waals surface area (Å²) < 4.78 is 0. The summed E-state index contributed by atoms with van der Waals surface area (Å²) in [4.78, 5) is 10.5. The minimum Gasteiger partial charge on any atom is -0.258 e. The Balaban J connectivity index is 2.82. The number of thiophene rings is 1. The van der Waals surface area contributed by atoms with Crippen molar-refractivity contribution < 1.29 is 4.92 Å². The average Bonchev–Trinajstić information content (AvgIpc) is 2.75. The second kappa shape index (κ2) is 4.82. The van der Waals surface area contributed by atoms with E-state index in [-0.39, 0.29) is 20.8 Å². The molecule has 1 aromatic carbocycles. The van der Waals surface area contributed by atoms with Gasteiger partial charge < -0.3 is 0 Å². The number of hydrogen-bond donors (Lipinski definition) is 0. The van der Waals surface area contributed by atoms with Crippen molar-refractivity contribution in [3.8, 4) is 11.1 Å². The lowest BCUT2D eigenvalue weighted by atomic mass is 10.1. The summed E-state index contributed by atoms with van der Waals surface area (Å²) in [6.07, 6.45) is 0. The SMILES string of the molecule is O=[N+]([O-])c1c(Cl)c(Cl)cc(Cl)c1-c1ccsc1. The van der Waals surface area contributed by atoms with Gasteiger partial charge in [0.05, 0.1) is 20.5 Å². The summed E-state index contributed by atoms with van der Waals surface area (Å²) in [5.74, 6) is 0. The van der Waals surface area contributed by atoms with Crippen molar-refractivity contribution in [1.29, 1.82) is 0 Å². The maximum atomic E-state index is 11.0. The van der Waals surface area contributed by atoms with Crippen LogP contribution in [0.25, 0.3) is 11.1 Å². The van der Waals surface area contributed by atoms with E-state index < -0.39 is 4.92 Å². The Hall–Kier alpha value is -0.810. The largest absolute Gasteiger partial charge is 0.298 e. The van der Waals surface area contributed by atoms with Gasteiger partial charge in [-0.3, -0.25) is 10.1 Å². The van der Waals surface area contributed by atoms with Crippen molar-refractivity contribution in [2.75, 3.05) is 0 Å². The van der Waals surface area contributed by atoms with Crippen LogP contribution in [0, 0.1) is 10.1 Å². The Morgan fingerprint density at radius 3 is 2.47 bits per heavy atom. The number of benzene rings is 1. The Bertz CT molecular complexity index is 584. The molecule has 17 heavy (non-hydrogen) atoms. The molecule has 0 spiro atoms. The highest BCUT2D eigenvalue weighted by Crippen LogP contribution is 2.45. The predicted molar refractivity (Wildman–Crippen MR) is 71.4 cm³/mol. The zero-order chi connectivity index (χ0) is 12.6. The molecule has 2 aromatic rings. The van der Waals surface area contributed by atoms with Crippen LogP contribution in [-0.4, -0.2) is 4.92 Å². The molecule has 0 bridgehead atoms. The zero-order valence-corrected chi connectivity index (χ0v) is 11.2. The van der Waals surface area contributed by atoms with E-state index in [9.17, 15) is 10.1 Å². The molecule has 0 fully saturated rings. The van der Waals surface area contributed by atoms with Crippen LogP contribution in [-0.2, 0) is 0 Å². The van der Waals surface area contributed by atoms with Crippen LogP contribution in [0.5, 0.6) is 0 Å². The molecule has 0 saturated heterocycles. The molecule has 0 amide bonds. The molecule has 0 saturated carbocycles. The minimum atomic E-state index is -0.576. The van der Waals surface area contributed by atoms with E-state index in [1.54, 1.807) is 16.8 Å². The first-order chi connectivity index (χ1) is 8.02. The fraction of sp³-hybridized carbons (Fsp3) is 0. The quantitative estimate of drug-likeness (QED) is 0.430. The topological polar surface area (TPSA) is 43.1 Å². The van der Waals surface area contributed by atoms with Gasteiger partial charge in [-0.25, -0.2) is 0 Å². The molecule has 0 unspecified atom stereocenters. The van der Waals surface area contributed by atoms with E-state index in [0.717, 1.165) is 0 Å². The molecule has 1 heterocycles. The molecular formula is C10H4Cl3NO2S. The van der Waals surface area contributed by atoms with Crippen LogP contribution in [0.3, 0.4) is 0 Å². The monoisotopic (exact) mass is 307 g/mol. The van der Waals surface area contributed by atoms with Gasteiger partial charge in [0, 0.05) is 5.56 Å². The van der Waals surface area contributed by atoms with Crippen LogP contribution in [0.1, 0.15) is 0 Å². The lowest BCUT2D eigenvalue weighted by Crippen LogP contribution is -1.94. The first-order valence-corrected chi connectivity index (χ1v) is 6.44. The molecule has 3 nitrogen and oxygen atoms in total. The van der Waals surface area contributed by atoms with E-state index in [1.807, 2.05) is 0 Å². The third-order valence-electron chi connectivity index (χ3n) is 2.14. The van der Waals surface area contributed by atoms with E-state index in [2.05, 4.69) is 0 Å². The van der Waals surface area contributed by atoms with Gasteiger partial charge in [-0.2, -0.15) is 11.3 Å². The molecule has 88 valence electrons. The Labute approximate surface area is 116 Å². The minimum absolute atomic E-state index is 0.0716. The summed E-state index contributed by atoms with van der Waals surface area (Å²) >= 11 is 19.0. The number of nitro benzene ring substituents is 1. The van der Waals surface area contributed by atoms with Gasteiger partial charge in [-0.05, 0) is 22.9 Å². The Kier molecular flexibility index (Phi) is 3.58. The molecule has 0 radical (unpaired) electrons. The van der Waals surface area contributed by atoms with E-state index in [0.29, 0.717) is 11.1 Å². The van der Waals surface area contributed by atoms with Crippen molar-refractivity contribution in [2.45, 2.75) is 0 Å². The van der Waals surface area contributed by atoms with E-state index in [4.69, 9.17) is 34.8 Å². The highest BCUT2D eigenvalue weighted by atomic mass is 35.5. The smallest absolute Gasteiger partial charge is 0.258 e. The highest BCUT2D eigenvalue weighted by molar-refractivity contribution is 7.08. The Morgan fingerprint density at radius 2 is 1.94 bits per heavy atom. The standard InChI is InChI=1S/C10H4Cl3NO2S/c11-6-3-7(12)9(13)10(14(15)16)8(6)5-1-2-17-4-5/h1-4H. The highest BCUT2D eigenvalue weighted by Gasteiger charge is 2.25. The van der Waals surface area contributed by atoms with Gasteiger partial charge in [0.25, 0.3) is 5.69 Å². The maximum Gasteiger partial charge on any atom is 0.298 e. The van der Waals surface area contributed by atoms with Crippen molar-refractivity contribution in [2.24, 2.45) is 0 Å². The van der Waals surface area contributed by atoms with Crippen LogP contribution < -0.4 is 0 Å². The summed E-state index contributed by atoms with van der Waals surface area (Å²) in [6.45, 7) is 0. The van der Waals surface area contributed by atoms with Gasteiger partial charge in [-0.1, -0.05) is 34.8 Å². The normalized spacial score (nSPS) is 10.5. The predicted octanol–water partition coefficient (Wildman–Crippen LogP) is 5.28. The van der Waals surface area contributed by atoms with Gasteiger partial charge in [0.15, 0.2) is 0 Å². The van der Waals surface area contributed by atoms with Crippen LogP contribution >= 0.6 is 46.1 Å². The lowest BCUT2D eigenvalue weighted by Gasteiger charge is -2.06. The first kappa shape index (κ1) is 12.6. The lowest BCUT2D eigenvalue weighted by molar-refractivity contribution is -0.384. The van der Waals surface area contributed by atoms with Gasteiger partial charge in [0.1, 0.15) is 5.02 Å². The van der Waals surface area contributed by atoms with Gasteiger partial charge in [0.2, 0.25) is 0 Å². The number of halogens is 3. The van der Waals surface area contributed by atoms with Crippen molar-refractivity contribution in [3.05, 3.63) is 48.1 Å². The van der Waals surface area contributed by atoms with E-state index in [1.165, 1.54) is 17.4 Å². The maximum absolute atomic E-state index is 11.0. The van der Waals surface area contributed by atoms with Crippen molar-refractivity contribution >= 4 is 51.8 Å². The number of nitrogens with zero attached hydrogens (tertiary/aromatic N) is 1. The molecule has 0 atom stereocenters. The zero-order valence-electron chi connectivity index (χ0n) is 8.12. The van der Waals surface area contributed by atoms with Crippen LogP contribution in [0.2, 0.25) is 15.1 Å². The third-order valence-corrected chi connectivity index (χ3v) is 3.90. The van der Waals surface area contributed by atoms with Crippen LogP contribution in [0.4, 0.5) is 5.69 Å². The molecule has 2 rings (SSSR count). The summed E-state index contributed by atoms with van der Waals surface area (Å²) in [6, 6.07) is 3.15. The molecule has 0 aliphatic carbocycles. The average molecular weight is 309 g/mol. The van der Waals surface area contributed by atoms with Crippen molar-refractivity contribution in [1.82, 2.24) is 0 Å². The van der Waals surface area contributed by atoms with Gasteiger partial charge in [-0.15, -0.1) is 0 Å². The molecule has 0 N–H and O–H groups in total. The fourth-order valence-corrected chi connectivity index (χ4v) is 2.86. The summed E-state index contributed by atoms with van der Waals surface area (Å²) in [5.41, 5.74) is 0.695. The summed E-state index contributed by atoms with van der Waals surface area (Å²) in [7, 11) is 0. The van der Waals surface area contributed by atoms with E-state index >= 15 is 0 Å². The molecule has 1 aromatic heterocycles.